The molecule has 0 N–H and O–H groups in total. The number of imidazole rings is 1. The van der Waals surface area contributed by atoms with Gasteiger partial charge in [-0.2, -0.15) is 0 Å². The zero-order valence-electron chi connectivity index (χ0n) is 14.9. The molecule has 26 heavy (non-hydrogen) atoms. The third-order valence-electron chi connectivity index (χ3n) is 5.37. The number of ether oxygens (including phenoxy) is 1. The fourth-order valence-corrected chi connectivity index (χ4v) is 5.49. The van der Waals surface area contributed by atoms with Crippen molar-refractivity contribution in [3.05, 3.63) is 28.0 Å². The van der Waals surface area contributed by atoms with Crippen molar-refractivity contribution in [2.45, 2.75) is 57.7 Å². The monoisotopic (exact) mass is 389 g/mol. The Morgan fingerprint density at radius 1 is 1.23 bits per heavy atom. The lowest BCUT2D eigenvalue weighted by atomic mass is 10.1. The van der Waals surface area contributed by atoms with Gasteiger partial charge in [-0.15, -0.1) is 16.4 Å². The molecule has 0 radical (unpaired) electrons. The van der Waals surface area contributed by atoms with Crippen molar-refractivity contribution in [1.29, 1.82) is 0 Å². The molecule has 1 saturated carbocycles. The minimum atomic E-state index is 0.252. The molecule has 0 amide bonds. The third-order valence-corrected chi connectivity index (χ3v) is 7.18. The second-order valence-electron chi connectivity index (χ2n) is 7.28. The van der Waals surface area contributed by atoms with Crippen molar-refractivity contribution in [2.75, 3.05) is 18.0 Å². The van der Waals surface area contributed by atoms with E-state index >= 15 is 0 Å². The fourth-order valence-electron chi connectivity index (χ4n) is 3.97. The molecule has 0 spiro atoms. The normalized spacial score (nSPS) is 21.4. The Hall–Kier alpha value is -1.51. The lowest BCUT2D eigenvalue weighted by molar-refractivity contribution is 0.0536. The quantitative estimate of drug-likeness (QED) is 0.660. The number of thiazole rings is 1. The smallest absolute Gasteiger partial charge is 0.214 e. The van der Waals surface area contributed by atoms with Crippen LogP contribution in [0.5, 0.6) is 0 Å². The number of fused-ring (bicyclic) bond motifs is 1. The maximum absolute atomic E-state index is 6.05. The summed E-state index contributed by atoms with van der Waals surface area (Å²) >= 11 is 3.37. The summed E-state index contributed by atoms with van der Waals surface area (Å²) in [6.45, 7) is 4.53. The molecule has 2 fully saturated rings. The lowest BCUT2D eigenvalue weighted by Crippen LogP contribution is -2.22. The van der Waals surface area contributed by atoms with E-state index in [-0.39, 0.29) is 6.10 Å². The van der Waals surface area contributed by atoms with Gasteiger partial charge in [0.2, 0.25) is 10.1 Å². The Morgan fingerprint density at radius 2 is 2.12 bits per heavy atom. The highest BCUT2D eigenvalue weighted by Crippen LogP contribution is 2.35. The summed E-state index contributed by atoms with van der Waals surface area (Å²) in [4.78, 5) is 12.7. The van der Waals surface area contributed by atoms with Gasteiger partial charge in [-0.1, -0.05) is 24.2 Å². The van der Waals surface area contributed by atoms with Crippen LogP contribution >= 0.6 is 22.7 Å². The molecular formula is C18H23N5OS2. The van der Waals surface area contributed by atoms with Crippen LogP contribution in [0.1, 0.15) is 54.4 Å². The predicted octanol–water partition coefficient (Wildman–Crippen LogP) is 4.01. The van der Waals surface area contributed by atoms with Crippen LogP contribution in [-0.2, 0) is 11.3 Å². The highest BCUT2D eigenvalue weighted by atomic mass is 32.1. The van der Waals surface area contributed by atoms with Gasteiger partial charge < -0.3 is 9.64 Å². The van der Waals surface area contributed by atoms with Crippen LogP contribution in [0.15, 0.2) is 11.6 Å². The summed E-state index contributed by atoms with van der Waals surface area (Å²) in [5, 5.41) is 9.01. The molecule has 6 nitrogen and oxygen atoms in total. The maximum atomic E-state index is 6.05. The average Bonchev–Trinajstić information content (AvgIpc) is 3.39. The van der Waals surface area contributed by atoms with Crippen molar-refractivity contribution >= 4 is 32.8 Å². The number of hydrogen-bond donors (Lipinski definition) is 0. The second-order valence-corrected chi connectivity index (χ2v) is 9.28. The number of anilines is 1. The minimum absolute atomic E-state index is 0.252. The number of aryl methyl sites for hydroxylation is 1. The SMILES string of the molecule is Cc1nc(COC2CCN(c3nn4cc(C5CCCC5)nc4s3)C2)cs1. The van der Waals surface area contributed by atoms with Crippen LogP contribution in [0.3, 0.4) is 0 Å². The molecule has 1 atom stereocenters. The van der Waals surface area contributed by atoms with Gasteiger partial charge in [0.25, 0.3) is 0 Å². The van der Waals surface area contributed by atoms with Crippen LogP contribution in [0, 0.1) is 6.92 Å². The van der Waals surface area contributed by atoms with Gasteiger partial charge in [-0.05, 0) is 26.2 Å². The third kappa shape index (κ3) is 3.25. The van der Waals surface area contributed by atoms with Gasteiger partial charge in [0.05, 0.1) is 35.3 Å². The summed E-state index contributed by atoms with van der Waals surface area (Å²) in [7, 11) is 0. The van der Waals surface area contributed by atoms with Crippen LogP contribution in [0.4, 0.5) is 5.13 Å². The number of aromatic nitrogens is 4. The Morgan fingerprint density at radius 3 is 2.88 bits per heavy atom. The molecule has 2 aliphatic rings. The molecule has 5 rings (SSSR count). The van der Waals surface area contributed by atoms with Gasteiger partial charge in [-0.3, -0.25) is 0 Å². The zero-order chi connectivity index (χ0) is 17.5. The predicted molar refractivity (Wildman–Crippen MR) is 104 cm³/mol. The molecule has 1 unspecified atom stereocenters. The first kappa shape index (κ1) is 16.6. The Kier molecular flexibility index (Phi) is 4.42. The Bertz CT molecular complexity index is 863. The highest BCUT2D eigenvalue weighted by Gasteiger charge is 2.27. The first-order chi connectivity index (χ1) is 12.7. The fraction of sp³-hybridized carbons (Fsp3) is 0.611. The molecule has 1 saturated heterocycles. The number of nitrogens with zero attached hydrogens (tertiary/aromatic N) is 5. The molecule has 0 bridgehead atoms. The van der Waals surface area contributed by atoms with E-state index < -0.39 is 0 Å². The first-order valence-corrected chi connectivity index (χ1v) is 11.1. The van der Waals surface area contributed by atoms with Gasteiger partial charge in [0.1, 0.15) is 0 Å². The van der Waals surface area contributed by atoms with Gasteiger partial charge in [-0.25, -0.2) is 14.5 Å². The molecule has 1 aliphatic heterocycles. The average molecular weight is 390 g/mol. The molecular weight excluding hydrogens is 366 g/mol. The van der Waals surface area contributed by atoms with Crippen molar-refractivity contribution < 1.29 is 4.74 Å². The van der Waals surface area contributed by atoms with E-state index in [2.05, 4.69) is 21.5 Å². The van der Waals surface area contributed by atoms with Crippen molar-refractivity contribution in [1.82, 2.24) is 19.6 Å². The molecule has 4 heterocycles. The second kappa shape index (κ2) is 6.90. The van der Waals surface area contributed by atoms with Crippen molar-refractivity contribution in [3.63, 3.8) is 0 Å². The molecule has 138 valence electrons. The summed E-state index contributed by atoms with van der Waals surface area (Å²) in [5.41, 5.74) is 2.27. The van der Waals surface area contributed by atoms with Crippen LogP contribution in [0.25, 0.3) is 4.96 Å². The minimum Gasteiger partial charge on any atom is -0.370 e. The van der Waals surface area contributed by atoms with Gasteiger partial charge >= 0.3 is 0 Å². The molecule has 3 aromatic rings. The number of hydrogen-bond acceptors (Lipinski definition) is 7. The van der Waals surface area contributed by atoms with Crippen LogP contribution < -0.4 is 4.90 Å². The van der Waals surface area contributed by atoms with E-state index in [0.717, 1.165) is 40.3 Å². The van der Waals surface area contributed by atoms with E-state index in [1.807, 2.05) is 11.4 Å². The van der Waals surface area contributed by atoms with E-state index in [1.54, 1.807) is 22.7 Å². The summed E-state index contributed by atoms with van der Waals surface area (Å²) in [6, 6.07) is 0. The first-order valence-electron chi connectivity index (χ1n) is 9.38. The van der Waals surface area contributed by atoms with Gasteiger partial charge in [0.15, 0.2) is 0 Å². The lowest BCUT2D eigenvalue weighted by Gasteiger charge is -2.14. The highest BCUT2D eigenvalue weighted by molar-refractivity contribution is 7.20. The number of rotatable bonds is 5. The molecule has 8 heteroatoms. The van der Waals surface area contributed by atoms with Crippen molar-refractivity contribution in [2.24, 2.45) is 0 Å². The topological polar surface area (TPSA) is 55.5 Å². The summed E-state index contributed by atoms with van der Waals surface area (Å²) in [5.74, 6) is 0.645. The summed E-state index contributed by atoms with van der Waals surface area (Å²) < 4.78 is 8.03. The van der Waals surface area contributed by atoms with E-state index in [0.29, 0.717) is 12.5 Å². The maximum Gasteiger partial charge on any atom is 0.214 e. The molecule has 1 aliphatic carbocycles. The Balaban J connectivity index is 1.22. The largest absolute Gasteiger partial charge is 0.370 e. The van der Waals surface area contributed by atoms with E-state index in [4.69, 9.17) is 14.8 Å². The molecule has 0 aromatic carbocycles. The zero-order valence-corrected chi connectivity index (χ0v) is 16.6. The van der Waals surface area contributed by atoms with Crippen LogP contribution in [-0.4, -0.2) is 38.8 Å². The standard InChI is InChI=1S/C18H23N5OS2/c1-12-19-14(11-25-12)10-24-15-6-7-22(8-15)18-21-23-9-16(20-17(23)26-18)13-4-2-3-5-13/h9,11,13,15H,2-8,10H2,1H3. The molecule has 3 aromatic heterocycles. The van der Waals surface area contributed by atoms with Gasteiger partial charge in [0, 0.05) is 24.4 Å². The van der Waals surface area contributed by atoms with Crippen molar-refractivity contribution in [3.8, 4) is 0 Å². The van der Waals surface area contributed by atoms with E-state index in [9.17, 15) is 0 Å². The van der Waals surface area contributed by atoms with E-state index in [1.165, 1.54) is 31.4 Å². The van der Waals surface area contributed by atoms with Crippen LogP contribution in [0.2, 0.25) is 0 Å². The Labute approximate surface area is 160 Å². The summed E-state index contributed by atoms with van der Waals surface area (Å²) in [6.07, 6.45) is 8.66.